The van der Waals surface area contributed by atoms with Gasteiger partial charge in [-0.3, -0.25) is 0 Å². The maximum atomic E-state index is 12.2. The Morgan fingerprint density at radius 3 is 2.41 bits per heavy atom. The number of guanidine groups is 1. The third-order valence-electron chi connectivity index (χ3n) is 3.78. The first-order valence-corrected chi connectivity index (χ1v) is 9.32. The molecule has 0 aliphatic carbocycles. The maximum absolute atomic E-state index is 12.2. The largest absolute Gasteiger partial charge is 0.484 e. The molecule has 0 heterocycles. The van der Waals surface area contributed by atoms with Gasteiger partial charge in [-0.2, -0.15) is 13.2 Å². The molecular formula is C19H32F3IN4O2. The normalized spacial score (nSPS) is 11.9. The lowest BCUT2D eigenvalue weighted by atomic mass is 10.2. The number of nitrogens with zero attached hydrogens (tertiary/aromatic N) is 2. The van der Waals surface area contributed by atoms with Crippen LogP contribution in [0.3, 0.4) is 0 Å². The Bertz CT molecular complexity index is 572. The lowest BCUT2D eigenvalue weighted by Crippen LogP contribution is -2.38. The van der Waals surface area contributed by atoms with E-state index in [0.717, 1.165) is 38.2 Å². The van der Waals surface area contributed by atoms with Crippen LogP contribution in [0.1, 0.15) is 18.9 Å². The van der Waals surface area contributed by atoms with Crippen LogP contribution in [0, 0.1) is 0 Å². The minimum Gasteiger partial charge on any atom is -0.484 e. The molecule has 0 aliphatic heterocycles. The van der Waals surface area contributed by atoms with Gasteiger partial charge in [0.2, 0.25) is 0 Å². The standard InChI is InChI=1S/C19H31F3N4O2.HI/c1-4-23-18(24-10-5-11-26(2)12-13-27-3)25-14-16-6-8-17(9-7-16)28-15-19(20,21)22;/h6-9H,4-5,10-15H2,1-3H3,(H2,23,24,25);1H. The molecule has 0 amide bonds. The molecule has 0 saturated heterocycles. The number of likely N-dealkylation sites (N-methyl/N-ethyl adjacent to an activating group) is 1. The summed E-state index contributed by atoms with van der Waals surface area (Å²) in [7, 11) is 3.75. The zero-order valence-corrected chi connectivity index (χ0v) is 19.5. The highest BCUT2D eigenvalue weighted by molar-refractivity contribution is 14.0. The van der Waals surface area contributed by atoms with Gasteiger partial charge in [-0.15, -0.1) is 24.0 Å². The highest BCUT2D eigenvalue weighted by Crippen LogP contribution is 2.19. The van der Waals surface area contributed by atoms with Crippen molar-refractivity contribution >= 4 is 29.9 Å². The molecule has 1 aromatic rings. The first kappa shape index (κ1) is 27.7. The number of ether oxygens (including phenoxy) is 2. The first-order chi connectivity index (χ1) is 13.3. The van der Waals surface area contributed by atoms with E-state index in [1.807, 2.05) is 6.92 Å². The summed E-state index contributed by atoms with van der Waals surface area (Å²) < 4.78 is 46.2. The van der Waals surface area contributed by atoms with E-state index in [1.54, 1.807) is 19.2 Å². The number of rotatable bonds is 12. The summed E-state index contributed by atoms with van der Waals surface area (Å²) in [6.45, 7) is 5.21. The molecule has 6 nitrogen and oxygen atoms in total. The quantitative estimate of drug-likeness (QED) is 0.187. The molecule has 1 rings (SSSR count). The lowest BCUT2D eigenvalue weighted by molar-refractivity contribution is -0.153. The van der Waals surface area contributed by atoms with Gasteiger partial charge >= 0.3 is 6.18 Å². The van der Waals surface area contributed by atoms with E-state index in [-0.39, 0.29) is 29.7 Å². The van der Waals surface area contributed by atoms with Gasteiger partial charge in [-0.05, 0) is 44.6 Å². The summed E-state index contributed by atoms with van der Waals surface area (Å²) in [6.07, 6.45) is -3.37. The summed E-state index contributed by atoms with van der Waals surface area (Å²) in [5.74, 6) is 0.895. The van der Waals surface area contributed by atoms with E-state index in [1.165, 1.54) is 12.1 Å². The number of halogens is 4. The molecule has 168 valence electrons. The van der Waals surface area contributed by atoms with E-state index >= 15 is 0 Å². The minimum atomic E-state index is -4.34. The zero-order valence-electron chi connectivity index (χ0n) is 17.2. The molecule has 0 atom stereocenters. The third-order valence-corrected chi connectivity index (χ3v) is 3.78. The second-order valence-electron chi connectivity index (χ2n) is 6.32. The Hall–Kier alpha value is -1.27. The van der Waals surface area contributed by atoms with Crippen molar-refractivity contribution < 1.29 is 22.6 Å². The monoisotopic (exact) mass is 532 g/mol. The van der Waals surface area contributed by atoms with Gasteiger partial charge in [-0.1, -0.05) is 12.1 Å². The smallest absolute Gasteiger partial charge is 0.422 e. The van der Waals surface area contributed by atoms with E-state index in [9.17, 15) is 13.2 Å². The zero-order chi connectivity index (χ0) is 20.8. The molecule has 2 N–H and O–H groups in total. The summed E-state index contributed by atoms with van der Waals surface area (Å²) >= 11 is 0. The number of nitrogens with one attached hydrogen (secondary N) is 2. The van der Waals surface area contributed by atoms with E-state index in [2.05, 4.69) is 27.6 Å². The fraction of sp³-hybridized carbons (Fsp3) is 0.632. The summed E-state index contributed by atoms with van der Waals surface area (Å²) in [4.78, 5) is 6.71. The van der Waals surface area contributed by atoms with Crippen molar-refractivity contribution in [3.05, 3.63) is 29.8 Å². The Kier molecular flexibility index (Phi) is 14.9. The molecule has 0 aliphatic rings. The van der Waals surface area contributed by atoms with Gasteiger partial charge in [0.1, 0.15) is 5.75 Å². The van der Waals surface area contributed by atoms with Crippen LogP contribution in [0.4, 0.5) is 13.2 Å². The van der Waals surface area contributed by atoms with E-state index < -0.39 is 12.8 Å². The molecule has 0 fully saturated rings. The maximum Gasteiger partial charge on any atom is 0.422 e. The number of alkyl halides is 3. The minimum absolute atomic E-state index is 0. The predicted molar refractivity (Wildman–Crippen MR) is 120 cm³/mol. The van der Waals surface area contributed by atoms with Crippen LogP contribution >= 0.6 is 24.0 Å². The second kappa shape index (κ2) is 15.6. The van der Waals surface area contributed by atoms with Crippen LogP contribution in [0.2, 0.25) is 0 Å². The molecule has 0 radical (unpaired) electrons. The molecule has 0 saturated carbocycles. The number of hydrogen-bond donors (Lipinski definition) is 2. The van der Waals surface area contributed by atoms with Gasteiger partial charge in [0.15, 0.2) is 12.6 Å². The molecular weight excluding hydrogens is 500 g/mol. The highest BCUT2D eigenvalue weighted by Gasteiger charge is 2.28. The van der Waals surface area contributed by atoms with Gasteiger partial charge in [0.05, 0.1) is 13.2 Å². The van der Waals surface area contributed by atoms with E-state index in [0.29, 0.717) is 19.1 Å². The van der Waals surface area contributed by atoms with Gasteiger partial charge in [0, 0.05) is 26.7 Å². The number of hydrogen-bond acceptors (Lipinski definition) is 4. The van der Waals surface area contributed by atoms with Crippen molar-refractivity contribution in [3.8, 4) is 5.75 Å². The average molecular weight is 532 g/mol. The van der Waals surface area contributed by atoms with Crippen LogP contribution < -0.4 is 15.4 Å². The predicted octanol–water partition coefficient (Wildman–Crippen LogP) is 3.27. The molecule has 0 unspecified atom stereocenters. The fourth-order valence-corrected chi connectivity index (χ4v) is 2.28. The van der Waals surface area contributed by atoms with Gasteiger partial charge in [0.25, 0.3) is 0 Å². The van der Waals surface area contributed by atoms with Gasteiger partial charge in [-0.25, -0.2) is 4.99 Å². The Morgan fingerprint density at radius 1 is 1.14 bits per heavy atom. The van der Waals surface area contributed by atoms with Gasteiger partial charge < -0.3 is 25.0 Å². The summed E-state index contributed by atoms with van der Waals surface area (Å²) in [5.41, 5.74) is 0.885. The fourth-order valence-electron chi connectivity index (χ4n) is 2.28. The van der Waals surface area contributed by atoms with Crippen molar-refractivity contribution in [3.63, 3.8) is 0 Å². The lowest BCUT2D eigenvalue weighted by Gasteiger charge is -2.17. The molecule has 10 heteroatoms. The highest BCUT2D eigenvalue weighted by atomic mass is 127. The topological polar surface area (TPSA) is 58.1 Å². The van der Waals surface area contributed by atoms with E-state index in [4.69, 9.17) is 9.47 Å². The van der Waals surface area contributed by atoms with Crippen molar-refractivity contribution in [2.45, 2.75) is 26.1 Å². The molecule has 0 aromatic heterocycles. The van der Waals surface area contributed by atoms with Crippen LogP contribution in [0.25, 0.3) is 0 Å². The Labute approximate surface area is 188 Å². The summed E-state index contributed by atoms with van der Waals surface area (Å²) in [5, 5.41) is 6.46. The van der Waals surface area contributed by atoms with Crippen molar-refractivity contribution in [2.24, 2.45) is 4.99 Å². The van der Waals surface area contributed by atoms with Crippen LogP contribution in [-0.4, -0.2) is 70.6 Å². The Balaban J connectivity index is 0.00000784. The number of aliphatic imine (C=N–C) groups is 1. The second-order valence-corrected chi connectivity index (χ2v) is 6.32. The SMILES string of the molecule is CCNC(=NCc1ccc(OCC(F)(F)F)cc1)NCCCN(C)CCOC.I. The molecule has 29 heavy (non-hydrogen) atoms. The Morgan fingerprint density at radius 2 is 1.83 bits per heavy atom. The number of methoxy groups -OCH3 is 1. The van der Waals surface area contributed by atoms with Crippen molar-refractivity contribution in [2.75, 3.05) is 53.6 Å². The molecule has 0 bridgehead atoms. The third kappa shape index (κ3) is 14.4. The van der Waals surface area contributed by atoms with Crippen molar-refractivity contribution in [1.82, 2.24) is 15.5 Å². The summed E-state index contributed by atoms with van der Waals surface area (Å²) in [6, 6.07) is 6.46. The average Bonchev–Trinajstić information content (AvgIpc) is 2.66. The van der Waals surface area contributed by atoms with Crippen LogP contribution in [0.5, 0.6) is 5.75 Å². The molecule has 0 spiro atoms. The number of benzene rings is 1. The first-order valence-electron chi connectivity index (χ1n) is 9.32. The van der Waals surface area contributed by atoms with Crippen LogP contribution in [-0.2, 0) is 11.3 Å². The van der Waals surface area contributed by atoms with Crippen molar-refractivity contribution in [1.29, 1.82) is 0 Å². The molecule has 1 aromatic carbocycles. The van der Waals surface area contributed by atoms with Crippen LogP contribution in [0.15, 0.2) is 29.3 Å².